The molecule has 3 rings (SSSR count). The first-order valence-electron chi connectivity index (χ1n) is 6.08. The van der Waals surface area contributed by atoms with Crippen LogP contribution in [0.1, 0.15) is 10.4 Å². The lowest BCUT2D eigenvalue weighted by molar-refractivity contribution is 0.112. The van der Waals surface area contributed by atoms with Crippen LogP contribution in [-0.2, 0) is 0 Å². The Kier molecular flexibility index (Phi) is 3.05. The molecule has 0 radical (unpaired) electrons. The maximum atomic E-state index is 10.7. The molecule has 1 heterocycles. The summed E-state index contributed by atoms with van der Waals surface area (Å²) in [5.74, 6) is 0.578. The Hall–Kier alpha value is -2.88. The van der Waals surface area contributed by atoms with Crippen molar-refractivity contribution in [2.45, 2.75) is 0 Å². The molecule has 0 aliphatic heterocycles. The predicted octanol–water partition coefficient (Wildman–Crippen LogP) is 3.20. The van der Waals surface area contributed by atoms with Gasteiger partial charge in [0.2, 0.25) is 0 Å². The van der Waals surface area contributed by atoms with E-state index in [4.69, 9.17) is 9.62 Å². The molecule has 0 aliphatic rings. The molecule has 0 saturated heterocycles. The molecule has 4 heteroatoms. The van der Waals surface area contributed by atoms with Gasteiger partial charge in [-0.05, 0) is 12.1 Å². The van der Waals surface area contributed by atoms with E-state index in [9.17, 15) is 4.79 Å². The largest absolute Gasteiger partial charge is 0.456 e. The van der Waals surface area contributed by atoms with E-state index in [2.05, 4.69) is 5.16 Å². The zero-order valence-corrected chi connectivity index (χ0v) is 10.5. The van der Waals surface area contributed by atoms with Crippen molar-refractivity contribution in [2.75, 3.05) is 0 Å². The van der Waals surface area contributed by atoms with E-state index in [0.29, 0.717) is 22.3 Å². The lowest BCUT2D eigenvalue weighted by Crippen LogP contribution is -2.03. The molecule has 1 N–H and O–H groups in total. The van der Waals surface area contributed by atoms with Gasteiger partial charge in [-0.15, -0.1) is 0 Å². The molecule has 4 nitrogen and oxygen atoms in total. The minimum absolute atomic E-state index is 0.446. The fourth-order valence-electron chi connectivity index (χ4n) is 2.07. The van der Waals surface area contributed by atoms with E-state index in [1.54, 1.807) is 30.3 Å². The minimum Gasteiger partial charge on any atom is -0.456 e. The first kappa shape index (κ1) is 12.2. The van der Waals surface area contributed by atoms with Crippen molar-refractivity contribution in [2.24, 2.45) is 5.16 Å². The Morgan fingerprint density at radius 2 is 1.80 bits per heavy atom. The van der Waals surface area contributed by atoms with E-state index in [0.717, 1.165) is 17.2 Å². The smallest absolute Gasteiger partial charge is 0.150 e. The van der Waals surface area contributed by atoms with Crippen LogP contribution in [0.4, 0.5) is 0 Å². The van der Waals surface area contributed by atoms with Gasteiger partial charge < -0.3 is 9.62 Å². The fourth-order valence-corrected chi connectivity index (χ4v) is 2.07. The molecule has 0 atom stereocenters. The van der Waals surface area contributed by atoms with Gasteiger partial charge >= 0.3 is 0 Å². The maximum absolute atomic E-state index is 10.7. The molecule has 3 aromatic rings. The van der Waals surface area contributed by atoms with Crippen LogP contribution in [0.25, 0.3) is 22.3 Å². The summed E-state index contributed by atoms with van der Waals surface area (Å²) in [7, 11) is 0. The summed E-state index contributed by atoms with van der Waals surface area (Å²) < 4.78 is 5.80. The molecule has 0 fully saturated rings. The van der Waals surface area contributed by atoms with Crippen molar-refractivity contribution in [3.63, 3.8) is 0 Å². The maximum Gasteiger partial charge on any atom is 0.150 e. The number of hydrogen-bond acceptors (Lipinski definition) is 4. The predicted molar refractivity (Wildman–Crippen MR) is 74.4 cm³/mol. The summed E-state index contributed by atoms with van der Waals surface area (Å²) in [6.07, 6.45) is 0.787. The van der Waals surface area contributed by atoms with E-state index in [1.165, 1.54) is 0 Å². The molecule has 20 heavy (non-hydrogen) atoms. The standard InChI is InChI=1S/C16H11NO3/c18-10-11-5-7-12(8-6-11)16-9-14(17-19)13-3-1-2-4-15(13)20-16/h1-10,19H. The second-order valence-electron chi connectivity index (χ2n) is 4.33. The van der Waals surface area contributed by atoms with Crippen molar-refractivity contribution >= 4 is 17.3 Å². The molecule has 0 bridgehead atoms. The van der Waals surface area contributed by atoms with Crippen LogP contribution >= 0.6 is 0 Å². The first-order chi connectivity index (χ1) is 9.81. The van der Waals surface area contributed by atoms with Crippen LogP contribution in [0, 0.1) is 0 Å². The third-order valence-electron chi connectivity index (χ3n) is 3.09. The number of fused-ring (bicyclic) bond motifs is 1. The van der Waals surface area contributed by atoms with Crippen molar-refractivity contribution < 1.29 is 14.4 Å². The van der Waals surface area contributed by atoms with E-state index < -0.39 is 0 Å². The molecule has 0 aliphatic carbocycles. The molecule has 0 unspecified atom stereocenters. The summed E-state index contributed by atoms with van der Waals surface area (Å²) in [4.78, 5) is 10.7. The van der Waals surface area contributed by atoms with Crippen LogP contribution in [0.5, 0.6) is 0 Å². The van der Waals surface area contributed by atoms with E-state index >= 15 is 0 Å². The van der Waals surface area contributed by atoms with Gasteiger partial charge in [0.05, 0.1) is 0 Å². The minimum atomic E-state index is 0.446. The van der Waals surface area contributed by atoms with Crippen molar-refractivity contribution in [3.05, 3.63) is 65.5 Å². The van der Waals surface area contributed by atoms with Gasteiger partial charge in [-0.3, -0.25) is 4.79 Å². The van der Waals surface area contributed by atoms with Crippen LogP contribution in [-0.4, -0.2) is 11.5 Å². The van der Waals surface area contributed by atoms with Crippen LogP contribution < -0.4 is 5.36 Å². The second-order valence-corrected chi connectivity index (χ2v) is 4.33. The Balaban J connectivity index is 2.23. The third kappa shape index (κ3) is 2.07. The SMILES string of the molecule is O=Cc1ccc(-c2cc(=NO)c3ccccc3o2)cc1. The van der Waals surface area contributed by atoms with Crippen LogP contribution in [0.15, 0.2) is 64.2 Å². The first-order valence-corrected chi connectivity index (χ1v) is 6.08. The molecular formula is C16H11NO3. The molecule has 1 aromatic heterocycles. The highest BCUT2D eigenvalue weighted by molar-refractivity contribution is 5.79. The number of carbonyl (C=O) groups excluding carboxylic acids is 1. The van der Waals surface area contributed by atoms with Crippen molar-refractivity contribution in [1.29, 1.82) is 0 Å². The van der Waals surface area contributed by atoms with Gasteiger partial charge in [-0.25, -0.2) is 0 Å². The summed E-state index contributed by atoms with van der Waals surface area (Å²) >= 11 is 0. The van der Waals surface area contributed by atoms with Gasteiger partial charge in [-0.2, -0.15) is 0 Å². The average molecular weight is 265 g/mol. The molecular weight excluding hydrogens is 254 g/mol. The van der Waals surface area contributed by atoms with Crippen molar-refractivity contribution in [3.8, 4) is 11.3 Å². The fraction of sp³-hybridized carbons (Fsp3) is 0. The lowest BCUT2D eigenvalue weighted by Gasteiger charge is -2.04. The molecule has 0 amide bonds. The zero-order valence-electron chi connectivity index (χ0n) is 10.5. The molecule has 0 saturated carbocycles. The second kappa shape index (κ2) is 5.01. The molecule has 98 valence electrons. The number of rotatable bonds is 2. The number of benzene rings is 2. The number of nitrogens with zero attached hydrogens (tertiary/aromatic N) is 1. The Morgan fingerprint density at radius 1 is 1.05 bits per heavy atom. The van der Waals surface area contributed by atoms with Crippen LogP contribution in [0.2, 0.25) is 0 Å². The Morgan fingerprint density at radius 3 is 2.50 bits per heavy atom. The van der Waals surface area contributed by atoms with Crippen LogP contribution in [0.3, 0.4) is 0 Å². The monoisotopic (exact) mass is 265 g/mol. The highest BCUT2D eigenvalue weighted by atomic mass is 16.4. The van der Waals surface area contributed by atoms with Gasteiger partial charge in [-0.1, -0.05) is 41.6 Å². The average Bonchev–Trinajstić information content (AvgIpc) is 2.54. The lowest BCUT2D eigenvalue weighted by atomic mass is 10.1. The van der Waals surface area contributed by atoms with Gasteiger partial charge in [0, 0.05) is 22.6 Å². The summed E-state index contributed by atoms with van der Waals surface area (Å²) in [5.41, 5.74) is 2.05. The van der Waals surface area contributed by atoms with Gasteiger partial charge in [0.25, 0.3) is 0 Å². The molecule has 0 spiro atoms. The summed E-state index contributed by atoms with van der Waals surface area (Å²) in [6.45, 7) is 0. The van der Waals surface area contributed by atoms with Gasteiger partial charge in [0.1, 0.15) is 23.0 Å². The molecule has 2 aromatic carbocycles. The number of hydrogen-bond donors (Lipinski definition) is 1. The summed E-state index contributed by atoms with van der Waals surface area (Å²) in [5, 5.41) is 13.6. The zero-order chi connectivity index (χ0) is 13.9. The van der Waals surface area contributed by atoms with E-state index in [-0.39, 0.29) is 0 Å². The quantitative estimate of drug-likeness (QED) is 0.439. The highest BCUT2D eigenvalue weighted by Crippen LogP contribution is 2.22. The highest BCUT2D eigenvalue weighted by Gasteiger charge is 2.05. The van der Waals surface area contributed by atoms with Gasteiger partial charge in [0.15, 0.2) is 0 Å². The Labute approximate surface area is 114 Å². The van der Waals surface area contributed by atoms with E-state index in [1.807, 2.05) is 24.3 Å². The normalized spacial score (nSPS) is 11.7. The third-order valence-corrected chi connectivity index (χ3v) is 3.09. The number of para-hydroxylation sites is 1. The van der Waals surface area contributed by atoms with Crippen molar-refractivity contribution in [1.82, 2.24) is 0 Å². The topological polar surface area (TPSA) is 62.8 Å². The number of aldehydes is 1. The summed E-state index contributed by atoms with van der Waals surface area (Å²) in [6, 6.07) is 16.0. The number of carbonyl (C=O) groups is 1. The Bertz CT molecular complexity index is 832.